The van der Waals surface area contributed by atoms with Crippen LogP contribution in [0.15, 0.2) is 158 Å². The average Bonchev–Trinajstić information content (AvgIpc) is 3.95. The first-order chi connectivity index (χ1) is 32.0. The summed E-state index contributed by atoms with van der Waals surface area (Å²) in [5.41, 5.74) is 22.5. The van der Waals surface area contributed by atoms with E-state index in [0.717, 1.165) is 56.1 Å². The van der Waals surface area contributed by atoms with Crippen molar-refractivity contribution in [1.29, 1.82) is 0 Å². The summed E-state index contributed by atoms with van der Waals surface area (Å²) in [4.78, 5) is 26.7. The summed E-state index contributed by atoms with van der Waals surface area (Å²) < 4.78 is 9.38. The molecule has 0 spiro atoms. The average molecular weight is 920 g/mol. The van der Waals surface area contributed by atoms with Gasteiger partial charge < -0.3 is 21.3 Å². The Labute approximate surface area is 395 Å². The fraction of sp³-hybridized carbons (Fsp3) is 0.185. The number of rotatable bonds is 16. The number of carbonyl (C=O) groups is 2. The molecule has 0 bridgehead atoms. The first-order valence-corrected chi connectivity index (χ1v) is 22.5. The van der Waals surface area contributed by atoms with Crippen molar-refractivity contribution in [3.63, 3.8) is 0 Å². The van der Waals surface area contributed by atoms with E-state index in [0.29, 0.717) is 52.3 Å². The summed E-state index contributed by atoms with van der Waals surface area (Å²) in [6.45, 7) is 7.09. The maximum absolute atomic E-state index is 13.4. The Bertz CT molecular complexity index is 2930. The van der Waals surface area contributed by atoms with Gasteiger partial charge in [0.2, 0.25) is 0 Å². The van der Waals surface area contributed by atoms with Gasteiger partial charge in [0.25, 0.3) is 0 Å². The summed E-state index contributed by atoms with van der Waals surface area (Å²) in [6, 6.07) is 49.4. The number of ketones is 2. The molecule has 8 aromatic rings. The lowest BCUT2D eigenvalue weighted by Crippen LogP contribution is -2.13. The third-order valence-corrected chi connectivity index (χ3v) is 11.8. The zero-order valence-electron chi connectivity index (χ0n) is 37.1. The number of aromatic nitrogens is 4. The summed E-state index contributed by atoms with van der Waals surface area (Å²) in [7, 11) is 0. The van der Waals surface area contributed by atoms with Gasteiger partial charge in [-0.3, -0.25) is 9.59 Å². The highest BCUT2D eigenvalue weighted by molar-refractivity contribution is 6.32. The quantitative estimate of drug-likeness (QED) is 0.0811. The number of carbonyl (C=O) groups excluding carboxylic acids is 2. The Morgan fingerprint density at radius 2 is 1.03 bits per heavy atom. The van der Waals surface area contributed by atoms with Crippen LogP contribution in [0.4, 0.5) is 0 Å². The van der Waals surface area contributed by atoms with Crippen molar-refractivity contribution >= 4 is 34.8 Å². The molecule has 0 aliphatic carbocycles. The largest absolute Gasteiger partial charge is 0.384 e. The van der Waals surface area contributed by atoms with Gasteiger partial charge in [-0.15, -0.1) is 0 Å². The first kappa shape index (κ1) is 47.5. The van der Waals surface area contributed by atoms with E-state index in [2.05, 4.69) is 10.2 Å². The Morgan fingerprint density at radius 3 is 1.50 bits per heavy atom. The minimum atomic E-state index is -0.797. The molecule has 6 aromatic carbocycles. The first-order valence-electron chi connectivity index (χ1n) is 21.7. The van der Waals surface area contributed by atoms with Crippen LogP contribution in [0.2, 0.25) is 10.0 Å². The number of aryl methyl sites for hydroxylation is 2. The third kappa shape index (κ3) is 11.5. The second-order valence-corrected chi connectivity index (χ2v) is 16.7. The van der Waals surface area contributed by atoms with E-state index < -0.39 is 6.10 Å². The predicted octanol–water partition coefficient (Wildman–Crippen LogP) is 10.6. The number of aliphatic hydroxyl groups excluding tert-OH is 1. The van der Waals surface area contributed by atoms with Crippen LogP contribution in [-0.4, -0.2) is 42.8 Å². The topological polar surface area (TPSA) is 151 Å². The number of ether oxygens (including phenoxy) is 1. The van der Waals surface area contributed by atoms with Gasteiger partial charge in [-0.05, 0) is 114 Å². The number of hydrogen-bond acceptors (Lipinski definition) is 8. The van der Waals surface area contributed by atoms with Gasteiger partial charge >= 0.3 is 0 Å². The highest BCUT2D eigenvalue weighted by Crippen LogP contribution is 2.31. The second kappa shape index (κ2) is 22.1. The van der Waals surface area contributed by atoms with Crippen LogP contribution >= 0.6 is 23.2 Å². The Morgan fingerprint density at radius 1 is 0.576 bits per heavy atom. The highest BCUT2D eigenvalue weighted by atomic mass is 35.5. The van der Waals surface area contributed by atoms with Crippen molar-refractivity contribution in [2.45, 2.75) is 58.9 Å². The van der Waals surface area contributed by atoms with Gasteiger partial charge in [-0.2, -0.15) is 10.2 Å². The zero-order valence-corrected chi connectivity index (χ0v) is 38.6. The minimum Gasteiger partial charge on any atom is -0.384 e. The Kier molecular flexibility index (Phi) is 15.9. The SMILES string of the molecule is CCOC(c1ccccc1)c1ccc(Cl)c(CC(=O)c2cc(C)nn2-c2cccc(CN)c2)c1.Cc1cc(C(=O)Cc2cc(C(O)c3ccccc3)ccc2Cl)n(-c2cccc(CN)c2)n1. The number of hydrogen-bond donors (Lipinski definition) is 3. The molecule has 2 aromatic heterocycles. The lowest BCUT2D eigenvalue weighted by atomic mass is 9.97. The van der Waals surface area contributed by atoms with Crippen LogP contribution in [0.5, 0.6) is 0 Å². The molecule has 8 rings (SSSR count). The maximum atomic E-state index is 13.4. The van der Waals surface area contributed by atoms with E-state index in [-0.39, 0.29) is 30.5 Å². The van der Waals surface area contributed by atoms with Gasteiger partial charge in [0, 0.05) is 42.6 Å². The molecule has 0 amide bonds. The monoisotopic (exact) mass is 918 g/mol. The molecule has 5 N–H and O–H groups in total. The second-order valence-electron chi connectivity index (χ2n) is 15.9. The molecule has 0 saturated heterocycles. The molecule has 2 heterocycles. The van der Waals surface area contributed by atoms with E-state index >= 15 is 0 Å². The number of benzene rings is 6. The molecule has 0 radical (unpaired) electrons. The molecule has 2 atom stereocenters. The molecular formula is C54H52Cl2N6O4. The highest BCUT2D eigenvalue weighted by Gasteiger charge is 2.22. The van der Waals surface area contributed by atoms with Crippen molar-refractivity contribution in [1.82, 2.24) is 19.6 Å². The van der Waals surface area contributed by atoms with Crippen LogP contribution in [0.1, 0.15) is 96.0 Å². The molecule has 2 unspecified atom stereocenters. The van der Waals surface area contributed by atoms with Gasteiger partial charge in [-0.1, -0.05) is 132 Å². The fourth-order valence-corrected chi connectivity index (χ4v) is 8.12. The van der Waals surface area contributed by atoms with Gasteiger partial charge in [0.15, 0.2) is 11.6 Å². The summed E-state index contributed by atoms with van der Waals surface area (Å²) in [5, 5.41) is 20.8. The Balaban J connectivity index is 0.000000197. The molecule has 0 aliphatic heterocycles. The minimum absolute atomic E-state index is 0.0644. The lowest BCUT2D eigenvalue weighted by molar-refractivity contribution is 0.0911. The van der Waals surface area contributed by atoms with Crippen LogP contribution < -0.4 is 11.5 Å². The molecule has 0 saturated carbocycles. The van der Waals surface area contributed by atoms with Gasteiger partial charge in [0.05, 0.1) is 22.8 Å². The van der Waals surface area contributed by atoms with Crippen molar-refractivity contribution in [3.05, 3.63) is 235 Å². The molecule has 0 fully saturated rings. The van der Waals surface area contributed by atoms with Crippen molar-refractivity contribution in [3.8, 4) is 11.4 Å². The van der Waals surface area contributed by atoms with Gasteiger partial charge in [-0.25, -0.2) is 9.36 Å². The summed E-state index contributed by atoms with van der Waals surface area (Å²) in [5.74, 6) is -0.178. The molecule has 66 heavy (non-hydrogen) atoms. The summed E-state index contributed by atoms with van der Waals surface area (Å²) in [6.07, 6.45) is -0.782. The van der Waals surface area contributed by atoms with Crippen LogP contribution in [-0.2, 0) is 30.7 Å². The van der Waals surface area contributed by atoms with Crippen LogP contribution in [0.25, 0.3) is 11.4 Å². The molecule has 10 nitrogen and oxygen atoms in total. The van der Waals surface area contributed by atoms with E-state index in [1.807, 2.05) is 154 Å². The number of nitrogens with two attached hydrogens (primary N) is 2. The van der Waals surface area contributed by atoms with E-state index in [9.17, 15) is 14.7 Å². The standard InChI is InChI=1S/C28H28ClN3O2.C26H24ClN3O2/c1-3-34-28(21-9-5-4-6-10-21)22-12-13-25(29)23(16-22)17-27(33)26-14-19(2)31-32(26)24-11-7-8-20(15-24)18-30;1-17-12-24(30(29-17)22-9-5-6-18(13-22)16-28)25(31)15-21-14-20(10-11-23(21)27)26(32)19-7-3-2-4-8-19/h4-16,28H,3,17-18,30H2,1-2H3;2-14,26,32H,15-16,28H2,1H3. The van der Waals surface area contributed by atoms with E-state index in [4.69, 9.17) is 39.4 Å². The number of Topliss-reactive ketones (excluding diaryl/α,β-unsaturated/α-hetero) is 2. The van der Waals surface area contributed by atoms with E-state index in [1.54, 1.807) is 33.6 Å². The van der Waals surface area contributed by atoms with E-state index in [1.165, 1.54) is 0 Å². The summed E-state index contributed by atoms with van der Waals surface area (Å²) >= 11 is 12.9. The molecular weight excluding hydrogens is 868 g/mol. The number of nitrogens with zero attached hydrogens (tertiary/aromatic N) is 4. The number of aliphatic hydroxyl groups is 1. The van der Waals surface area contributed by atoms with Crippen molar-refractivity contribution in [2.75, 3.05) is 6.61 Å². The van der Waals surface area contributed by atoms with Crippen molar-refractivity contribution in [2.24, 2.45) is 11.5 Å². The van der Waals surface area contributed by atoms with Crippen LogP contribution in [0.3, 0.4) is 0 Å². The Hall–Kier alpha value is -6.50. The molecule has 336 valence electrons. The molecule has 0 aliphatic rings. The van der Waals surface area contributed by atoms with Crippen LogP contribution in [0, 0.1) is 13.8 Å². The lowest BCUT2D eigenvalue weighted by Gasteiger charge is -2.19. The van der Waals surface area contributed by atoms with Crippen molar-refractivity contribution < 1.29 is 19.4 Å². The number of halogens is 2. The predicted molar refractivity (Wildman–Crippen MR) is 262 cm³/mol. The smallest absolute Gasteiger partial charge is 0.185 e. The normalized spacial score (nSPS) is 12.0. The zero-order chi connectivity index (χ0) is 46.7. The van der Waals surface area contributed by atoms with Gasteiger partial charge in [0.1, 0.15) is 23.6 Å². The molecule has 12 heteroatoms. The fourth-order valence-electron chi connectivity index (χ4n) is 7.75. The third-order valence-electron chi connectivity index (χ3n) is 11.0. The maximum Gasteiger partial charge on any atom is 0.185 e.